The van der Waals surface area contributed by atoms with E-state index in [1.54, 1.807) is 18.3 Å². The summed E-state index contributed by atoms with van der Waals surface area (Å²) >= 11 is 1.59. The van der Waals surface area contributed by atoms with Gasteiger partial charge in [-0.05, 0) is 50.0 Å². The highest BCUT2D eigenvalue weighted by Gasteiger charge is 2.19. The summed E-state index contributed by atoms with van der Waals surface area (Å²) in [6.07, 6.45) is 3.78. The third-order valence-electron chi connectivity index (χ3n) is 3.89. The minimum absolute atomic E-state index is 0.827. The number of hydrogen-bond acceptors (Lipinski definition) is 6. The maximum absolute atomic E-state index is 4.45. The lowest BCUT2D eigenvalue weighted by Crippen LogP contribution is -2.10. The van der Waals surface area contributed by atoms with Gasteiger partial charge in [-0.15, -0.1) is 0 Å². The van der Waals surface area contributed by atoms with E-state index >= 15 is 0 Å². The van der Waals surface area contributed by atoms with E-state index in [0.29, 0.717) is 0 Å². The molecule has 1 aliphatic rings. The van der Waals surface area contributed by atoms with Gasteiger partial charge in [0.25, 0.3) is 0 Å². The van der Waals surface area contributed by atoms with Crippen molar-refractivity contribution in [1.82, 2.24) is 19.7 Å². The Morgan fingerprint density at radius 1 is 1.26 bits per heavy atom. The molecule has 0 saturated carbocycles. The average Bonchev–Trinajstić information content (AvgIpc) is 2.95. The second kappa shape index (κ2) is 6.10. The number of fused-ring (bicyclic) bond motifs is 3. The van der Waals surface area contributed by atoms with Crippen molar-refractivity contribution in [3.63, 3.8) is 0 Å². The van der Waals surface area contributed by atoms with Gasteiger partial charge >= 0.3 is 0 Å². The zero-order valence-electron chi connectivity index (χ0n) is 12.8. The Hall–Kier alpha value is -2.25. The van der Waals surface area contributed by atoms with E-state index in [1.807, 2.05) is 19.2 Å². The number of benzene rings is 1. The first-order chi connectivity index (χ1) is 11.3. The fourth-order valence-corrected chi connectivity index (χ4v) is 3.49. The molecule has 3 heterocycles. The van der Waals surface area contributed by atoms with E-state index in [9.17, 15) is 0 Å². The Kier molecular flexibility index (Phi) is 3.80. The normalized spacial score (nSPS) is 13.6. The minimum Gasteiger partial charge on any atom is -0.383 e. The van der Waals surface area contributed by atoms with Gasteiger partial charge in [0, 0.05) is 22.8 Å². The maximum Gasteiger partial charge on any atom is 0.145 e. The van der Waals surface area contributed by atoms with Crippen molar-refractivity contribution in [1.29, 1.82) is 0 Å². The molecule has 0 radical (unpaired) electrons. The van der Waals surface area contributed by atoms with Crippen LogP contribution in [0.1, 0.15) is 12.1 Å². The molecule has 0 saturated heterocycles. The smallest absolute Gasteiger partial charge is 0.145 e. The zero-order valence-corrected chi connectivity index (χ0v) is 13.6. The Morgan fingerprint density at radius 3 is 3.13 bits per heavy atom. The molecule has 7 heteroatoms. The number of nitrogens with zero attached hydrogens (tertiary/aromatic N) is 2. The fourth-order valence-electron chi connectivity index (χ4n) is 2.92. The van der Waals surface area contributed by atoms with Crippen LogP contribution in [0.15, 0.2) is 35.5 Å². The largest absolute Gasteiger partial charge is 0.383 e. The van der Waals surface area contributed by atoms with Crippen LogP contribution in [0.5, 0.6) is 0 Å². The molecule has 6 nitrogen and oxygen atoms in total. The summed E-state index contributed by atoms with van der Waals surface area (Å²) < 4.78 is 3.09. The van der Waals surface area contributed by atoms with Crippen molar-refractivity contribution in [2.75, 3.05) is 24.2 Å². The van der Waals surface area contributed by atoms with Gasteiger partial charge in [0.1, 0.15) is 17.8 Å². The Balaban J connectivity index is 1.74. The summed E-state index contributed by atoms with van der Waals surface area (Å²) in [5, 5.41) is 7.94. The van der Waals surface area contributed by atoms with Gasteiger partial charge < -0.3 is 15.6 Å². The SMILES string of the molecule is CNSc1cccc(Nc2ncnc3[nH]c4c(c23)NCCC4)c1. The van der Waals surface area contributed by atoms with Gasteiger partial charge in [-0.2, -0.15) is 0 Å². The second-order valence-corrected chi connectivity index (χ2v) is 6.50. The summed E-state index contributed by atoms with van der Waals surface area (Å²) in [5.74, 6) is 0.827. The Morgan fingerprint density at radius 2 is 2.22 bits per heavy atom. The molecule has 0 aliphatic carbocycles. The molecule has 4 rings (SSSR count). The predicted octanol–water partition coefficient (Wildman–Crippen LogP) is 3.29. The molecule has 1 aromatic carbocycles. The van der Waals surface area contributed by atoms with Crippen molar-refractivity contribution >= 4 is 40.2 Å². The molecule has 1 aliphatic heterocycles. The van der Waals surface area contributed by atoms with Crippen LogP contribution < -0.4 is 15.4 Å². The first-order valence-electron chi connectivity index (χ1n) is 7.65. The molecular formula is C16H18N6S. The lowest BCUT2D eigenvalue weighted by atomic mass is 10.1. The van der Waals surface area contributed by atoms with E-state index in [-0.39, 0.29) is 0 Å². The summed E-state index contributed by atoms with van der Waals surface area (Å²) in [6, 6.07) is 8.24. The molecule has 4 N–H and O–H groups in total. The number of rotatable bonds is 4. The van der Waals surface area contributed by atoms with E-state index in [1.165, 1.54) is 5.69 Å². The molecule has 3 aromatic rings. The van der Waals surface area contributed by atoms with Crippen LogP contribution in [-0.4, -0.2) is 28.5 Å². The second-order valence-electron chi connectivity index (χ2n) is 5.41. The minimum atomic E-state index is 0.827. The van der Waals surface area contributed by atoms with Gasteiger partial charge in [-0.25, -0.2) is 9.97 Å². The molecular weight excluding hydrogens is 308 g/mol. The van der Waals surface area contributed by atoms with Gasteiger partial charge in [-0.3, -0.25) is 4.72 Å². The van der Waals surface area contributed by atoms with Gasteiger partial charge in [0.2, 0.25) is 0 Å². The molecule has 0 atom stereocenters. The zero-order chi connectivity index (χ0) is 15.6. The van der Waals surface area contributed by atoms with Crippen LogP contribution in [0.3, 0.4) is 0 Å². The van der Waals surface area contributed by atoms with Crippen molar-refractivity contribution < 1.29 is 0 Å². The molecule has 0 bridgehead atoms. The molecule has 0 spiro atoms. The van der Waals surface area contributed by atoms with E-state index in [4.69, 9.17) is 0 Å². The lowest BCUT2D eigenvalue weighted by molar-refractivity contribution is 0.814. The van der Waals surface area contributed by atoms with Crippen LogP contribution in [-0.2, 0) is 6.42 Å². The Bertz CT molecular complexity index is 844. The number of hydrogen-bond donors (Lipinski definition) is 4. The van der Waals surface area contributed by atoms with E-state index in [0.717, 1.165) is 52.5 Å². The number of anilines is 3. The first-order valence-corrected chi connectivity index (χ1v) is 8.47. The lowest BCUT2D eigenvalue weighted by Gasteiger charge is -2.15. The molecule has 0 fully saturated rings. The summed E-state index contributed by atoms with van der Waals surface area (Å²) in [7, 11) is 1.91. The fraction of sp³-hybridized carbons (Fsp3) is 0.250. The highest BCUT2D eigenvalue weighted by molar-refractivity contribution is 7.97. The quantitative estimate of drug-likeness (QED) is 0.551. The number of nitrogens with one attached hydrogen (secondary N) is 4. The monoisotopic (exact) mass is 326 g/mol. The average molecular weight is 326 g/mol. The first kappa shape index (κ1) is 14.3. The highest BCUT2D eigenvalue weighted by Crippen LogP contribution is 2.35. The van der Waals surface area contributed by atoms with Crippen molar-refractivity contribution in [2.45, 2.75) is 17.7 Å². The summed E-state index contributed by atoms with van der Waals surface area (Å²) in [5.41, 5.74) is 4.24. The Labute approximate surface area is 138 Å². The molecule has 118 valence electrons. The van der Waals surface area contributed by atoms with Gasteiger partial charge in [0.05, 0.1) is 11.1 Å². The van der Waals surface area contributed by atoms with Gasteiger partial charge in [0.15, 0.2) is 0 Å². The van der Waals surface area contributed by atoms with Crippen molar-refractivity contribution in [2.24, 2.45) is 0 Å². The molecule has 0 unspecified atom stereocenters. The number of aromatic nitrogens is 3. The van der Waals surface area contributed by atoms with Crippen LogP contribution >= 0.6 is 11.9 Å². The maximum atomic E-state index is 4.45. The van der Waals surface area contributed by atoms with E-state index < -0.39 is 0 Å². The number of aromatic amines is 1. The molecule has 0 amide bonds. The summed E-state index contributed by atoms with van der Waals surface area (Å²) in [4.78, 5) is 13.4. The molecule has 2 aromatic heterocycles. The predicted molar refractivity (Wildman–Crippen MR) is 95.3 cm³/mol. The third kappa shape index (κ3) is 2.73. The van der Waals surface area contributed by atoms with E-state index in [2.05, 4.69) is 42.4 Å². The van der Waals surface area contributed by atoms with Crippen molar-refractivity contribution in [3.05, 3.63) is 36.3 Å². The molecule has 23 heavy (non-hydrogen) atoms. The highest BCUT2D eigenvalue weighted by atomic mass is 32.2. The topological polar surface area (TPSA) is 77.7 Å². The third-order valence-corrected chi connectivity index (χ3v) is 4.58. The summed E-state index contributed by atoms with van der Waals surface area (Å²) in [6.45, 7) is 0.989. The van der Waals surface area contributed by atoms with Crippen LogP contribution in [0.2, 0.25) is 0 Å². The van der Waals surface area contributed by atoms with Crippen molar-refractivity contribution in [3.8, 4) is 0 Å². The van der Waals surface area contributed by atoms with Gasteiger partial charge in [-0.1, -0.05) is 6.07 Å². The number of aryl methyl sites for hydroxylation is 1. The standard InChI is InChI=1S/C16H18N6S/c1-17-23-11-5-2-4-10(8-11)21-15-13-14-12(6-3-7-18-14)22-16(13)20-9-19-15/h2,4-5,8-9,17-18H,3,6-7H2,1H3,(H2,19,20,21,22). The number of H-pyrrole nitrogens is 1. The van der Waals surface area contributed by atoms with Crippen LogP contribution in [0.25, 0.3) is 11.0 Å². The van der Waals surface area contributed by atoms with Crippen LogP contribution in [0.4, 0.5) is 17.2 Å². The van der Waals surface area contributed by atoms with Crippen LogP contribution in [0, 0.1) is 0 Å².